The highest BCUT2D eigenvalue weighted by atomic mass is 35.5. The van der Waals surface area contributed by atoms with E-state index in [4.69, 9.17) is 0 Å². The summed E-state index contributed by atoms with van der Waals surface area (Å²) in [6.07, 6.45) is 2.22. The van der Waals surface area contributed by atoms with Gasteiger partial charge in [-0.25, -0.2) is 0 Å². The SMILES string of the molecule is Cl.O=C(/C=c1\sc2n(c1=O)CCCN=2)Nc1ccccc1. The summed E-state index contributed by atoms with van der Waals surface area (Å²) in [4.78, 5) is 29.0. The number of thiazole rings is 1. The van der Waals surface area contributed by atoms with Crippen molar-refractivity contribution >= 4 is 41.4 Å². The number of carbonyl (C=O) groups excluding carboxylic acids is 1. The van der Waals surface area contributed by atoms with E-state index in [9.17, 15) is 9.59 Å². The Bertz CT molecular complexity index is 811. The van der Waals surface area contributed by atoms with Crippen molar-refractivity contribution in [1.82, 2.24) is 4.57 Å². The van der Waals surface area contributed by atoms with Crippen LogP contribution in [0.1, 0.15) is 6.42 Å². The van der Waals surface area contributed by atoms with E-state index in [2.05, 4.69) is 10.3 Å². The molecular formula is C14H14ClN3O2S. The molecule has 1 aromatic heterocycles. The van der Waals surface area contributed by atoms with Gasteiger partial charge in [0.2, 0.25) is 5.91 Å². The maximum absolute atomic E-state index is 12.1. The molecule has 2 heterocycles. The van der Waals surface area contributed by atoms with Crippen molar-refractivity contribution in [3.63, 3.8) is 0 Å². The molecule has 0 saturated heterocycles. The zero-order valence-corrected chi connectivity index (χ0v) is 12.7. The van der Waals surface area contributed by atoms with E-state index in [1.165, 1.54) is 17.4 Å². The van der Waals surface area contributed by atoms with Crippen LogP contribution < -0.4 is 20.2 Å². The number of nitrogens with zero attached hydrogens (tertiary/aromatic N) is 2. The topological polar surface area (TPSA) is 63.5 Å². The van der Waals surface area contributed by atoms with Crippen LogP contribution in [0.5, 0.6) is 0 Å². The van der Waals surface area contributed by atoms with Crippen molar-refractivity contribution in [3.05, 3.63) is 50.0 Å². The number of hydrogen-bond donors (Lipinski definition) is 1. The van der Waals surface area contributed by atoms with Gasteiger partial charge in [0, 0.05) is 24.9 Å². The van der Waals surface area contributed by atoms with Crippen LogP contribution in [-0.4, -0.2) is 17.0 Å². The zero-order chi connectivity index (χ0) is 13.9. The van der Waals surface area contributed by atoms with Gasteiger partial charge in [-0.3, -0.25) is 19.1 Å². The first-order chi connectivity index (χ1) is 9.74. The summed E-state index contributed by atoms with van der Waals surface area (Å²) in [5, 5.41) is 2.73. The molecule has 0 bridgehead atoms. The van der Waals surface area contributed by atoms with Crippen LogP contribution in [-0.2, 0) is 11.3 Å². The molecule has 21 heavy (non-hydrogen) atoms. The lowest BCUT2D eigenvalue weighted by Crippen LogP contribution is -2.34. The molecule has 0 radical (unpaired) electrons. The number of aromatic nitrogens is 1. The summed E-state index contributed by atoms with van der Waals surface area (Å²) in [6, 6.07) is 9.15. The fourth-order valence-corrected chi connectivity index (χ4v) is 3.05. The molecule has 5 nitrogen and oxygen atoms in total. The second-order valence-electron chi connectivity index (χ2n) is 4.44. The molecule has 0 atom stereocenters. The Kier molecular flexibility index (Phi) is 4.93. The minimum absolute atomic E-state index is 0. The average molecular weight is 324 g/mol. The molecule has 1 N–H and O–H groups in total. The van der Waals surface area contributed by atoms with Crippen molar-refractivity contribution in [2.75, 3.05) is 11.9 Å². The first-order valence-corrected chi connectivity index (χ1v) is 7.17. The quantitative estimate of drug-likeness (QED) is 0.887. The predicted octanol–water partition coefficient (Wildman–Crippen LogP) is 0.774. The number of amides is 1. The van der Waals surface area contributed by atoms with E-state index < -0.39 is 0 Å². The van der Waals surface area contributed by atoms with E-state index >= 15 is 0 Å². The molecule has 2 aromatic rings. The van der Waals surface area contributed by atoms with Gasteiger partial charge < -0.3 is 5.32 Å². The zero-order valence-electron chi connectivity index (χ0n) is 11.1. The minimum Gasteiger partial charge on any atom is -0.322 e. The van der Waals surface area contributed by atoms with Gasteiger partial charge in [0.1, 0.15) is 4.53 Å². The maximum atomic E-state index is 12.1. The lowest BCUT2D eigenvalue weighted by Gasteiger charge is -2.03. The van der Waals surface area contributed by atoms with Crippen molar-refractivity contribution in [1.29, 1.82) is 0 Å². The third-order valence-corrected chi connectivity index (χ3v) is 4.02. The molecule has 0 unspecified atom stereocenters. The number of fused-ring (bicyclic) bond motifs is 1. The number of benzene rings is 1. The average Bonchev–Trinajstić information content (AvgIpc) is 2.77. The minimum atomic E-state index is -0.299. The highest BCUT2D eigenvalue weighted by Gasteiger charge is 2.09. The van der Waals surface area contributed by atoms with Gasteiger partial charge in [-0.05, 0) is 18.6 Å². The van der Waals surface area contributed by atoms with Crippen molar-refractivity contribution < 1.29 is 4.79 Å². The number of para-hydroxylation sites is 1. The number of anilines is 1. The standard InChI is InChI=1S/C14H13N3O2S.ClH/c18-12(16-10-5-2-1-3-6-10)9-11-13(19)17-8-4-7-15-14(17)20-11;/h1-3,5-6,9H,4,7-8H2,(H,16,18);1H/b11-9-;. The van der Waals surface area contributed by atoms with Gasteiger partial charge in [0.15, 0.2) is 4.80 Å². The maximum Gasteiger partial charge on any atom is 0.270 e. The fourth-order valence-electron chi connectivity index (χ4n) is 2.05. The Morgan fingerprint density at radius 3 is 2.81 bits per heavy atom. The molecule has 0 saturated carbocycles. The highest BCUT2D eigenvalue weighted by molar-refractivity contribution is 7.07. The van der Waals surface area contributed by atoms with Gasteiger partial charge in [0.05, 0.1) is 0 Å². The fraction of sp³-hybridized carbons (Fsp3) is 0.214. The summed E-state index contributed by atoms with van der Waals surface area (Å²) in [6.45, 7) is 1.43. The van der Waals surface area contributed by atoms with Crippen LogP contribution in [0.15, 0.2) is 40.1 Å². The van der Waals surface area contributed by atoms with Crippen molar-refractivity contribution in [2.45, 2.75) is 13.0 Å². The largest absolute Gasteiger partial charge is 0.322 e. The molecule has 1 aliphatic heterocycles. The Labute approximate surface area is 131 Å². The monoisotopic (exact) mass is 323 g/mol. The smallest absolute Gasteiger partial charge is 0.270 e. The number of carbonyl (C=O) groups is 1. The number of nitrogens with one attached hydrogen (secondary N) is 1. The van der Waals surface area contributed by atoms with Crippen LogP contribution in [0.25, 0.3) is 6.08 Å². The molecule has 3 rings (SSSR count). The van der Waals surface area contributed by atoms with E-state index in [1.807, 2.05) is 18.2 Å². The molecule has 1 amide bonds. The molecule has 7 heteroatoms. The molecular weight excluding hydrogens is 310 g/mol. The van der Waals surface area contributed by atoms with Crippen LogP contribution in [0.4, 0.5) is 5.69 Å². The number of rotatable bonds is 2. The normalized spacial score (nSPS) is 13.8. The molecule has 1 aromatic carbocycles. The number of hydrogen-bond acceptors (Lipinski definition) is 4. The Hall–Kier alpha value is -1.92. The molecule has 0 spiro atoms. The summed E-state index contributed by atoms with van der Waals surface area (Å²) >= 11 is 1.27. The Morgan fingerprint density at radius 2 is 2.10 bits per heavy atom. The second-order valence-corrected chi connectivity index (χ2v) is 5.45. The van der Waals surface area contributed by atoms with Gasteiger partial charge in [0.25, 0.3) is 5.56 Å². The molecule has 1 aliphatic rings. The molecule has 0 aliphatic carbocycles. The first-order valence-electron chi connectivity index (χ1n) is 6.36. The summed E-state index contributed by atoms with van der Waals surface area (Å²) in [5.41, 5.74) is 0.580. The van der Waals surface area contributed by atoms with Crippen LogP contribution in [0.2, 0.25) is 0 Å². The Morgan fingerprint density at radius 1 is 1.33 bits per heavy atom. The summed E-state index contributed by atoms with van der Waals surface area (Å²) in [7, 11) is 0. The summed E-state index contributed by atoms with van der Waals surface area (Å²) in [5.74, 6) is -0.299. The predicted molar refractivity (Wildman–Crippen MR) is 85.6 cm³/mol. The first kappa shape index (κ1) is 15.5. The highest BCUT2D eigenvalue weighted by Crippen LogP contribution is 2.04. The van der Waals surface area contributed by atoms with Crippen molar-refractivity contribution in [3.8, 4) is 0 Å². The van der Waals surface area contributed by atoms with E-state index in [0.717, 1.165) is 13.0 Å². The number of halogens is 1. The van der Waals surface area contributed by atoms with E-state index in [1.54, 1.807) is 16.7 Å². The summed E-state index contributed by atoms with van der Waals surface area (Å²) < 4.78 is 2.06. The van der Waals surface area contributed by atoms with Gasteiger partial charge in [-0.2, -0.15) is 0 Å². The van der Waals surface area contributed by atoms with Gasteiger partial charge in [-0.1, -0.05) is 29.5 Å². The van der Waals surface area contributed by atoms with E-state index in [0.29, 0.717) is 21.6 Å². The lowest BCUT2D eigenvalue weighted by molar-refractivity contribution is -0.110. The van der Waals surface area contributed by atoms with Crippen LogP contribution in [0, 0.1) is 0 Å². The Balaban J connectivity index is 0.00000161. The third-order valence-electron chi connectivity index (χ3n) is 2.98. The van der Waals surface area contributed by atoms with E-state index in [-0.39, 0.29) is 23.9 Å². The van der Waals surface area contributed by atoms with Gasteiger partial charge in [-0.15, -0.1) is 12.4 Å². The van der Waals surface area contributed by atoms with Crippen molar-refractivity contribution in [2.24, 2.45) is 4.99 Å². The van der Waals surface area contributed by atoms with Gasteiger partial charge >= 0.3 is 0 Å². The lowest BCUT2D eigenvalue weighted by atomic mass is 10.3. The third kappa shape index (κ3) is 3.40. The molecule has 0 fully saturated rings. The van der Waals surface area contributed by atoms with Crippen LogP contribution in [0.3, 0.4) is 0 Å². The molecule has 110 valence electrons. The second kappa shape index (κ2) is 6.69. The van der Waals surface area contributed by atoms with Crippen LogP contribution >= 0.6 is 23.7 Å².